The van der Waals surface area contributed by atoms with Crippen LogP contribution in [0.5, 0.6) is 0 Å². The Morgan fingerprint density at radius 1 is 1.33 bits per heavy atom. The molecule has 4 nitrogen and oxygen atoms in total. The third kappa shape index (κ3) is 68.0. The summed E-state index contributed by atoms with van der Waals surface area (Å²) in [6.45, 7) is 6.39. The fraction of sp³-hybridized carbons (Fsp3) is 1.00. The molecule has 9 heavy (non-hydrogen) atoms. The van der Waals surface area contributed by atoms with Crippen LogP contribution in [0.15, 0.2) is 0 Å². The number of rotatable bonds is 2. The van der Waals surface area contributed by atoms with Gasteiger partial charge in [0.1, 0.15) is 0 Å². The number of hydrogen-bond acceptors (Lipinski definition) is 2. The summed E-state index contributed by atoms with van der Waals surface area (Å²) >= 11 is 0. The second kappa shape index (κ2) is 11.0. The van der Waals surface area contributed by atoms with Gasteiger partial charge in [-0.15, -0.1) is 0 Å². The first kappa shape index (κ1) is 11.9. The van der Waals surface area contributed by atoms with Crippen molar-refractivity contribution >= 4 is 8.25 Å². The van der Waals surface area contributed by atoms with Crippen molar-refractivity contribution in [1.29, 1.82) is 0 Å². The third-order valence-corrected chi connectivity index (χ3v) is 0.500. The molecule has 0 aromatic heterocycles. The molecule has 0 spiro atoms. The van der Waals surface area contributed by atoms with E-state index in [-0.39, 0.29) is 0 Å². The molecular formula is C4H14NO3P. The molecule has 0 amide bonds. The average Bonchev–Trinajstić information content (AvgIpc) is 1.66. The van der Waals surface area contributed by atoms with E-state index < -0.39 is 8.25 Å². The Hall–Kier alpha value is 0.110. The van der Waals surface area contributed by atoms with E-state index in [4.69, 9.17) is 14.4 Å². The van der Waals surface area contributed by atoms with Gasteiger partial charge in [0.2, 0.25) is 0 Å². The molecule has 0 bridgehead atoms. The van der Waals surface area contributed by atoms with Crippen LogP contribution >= 0.6 is 8.25 Å². The molecule has 58 valence electrons. The van der Waals surface area contributed by atoms with E-state index in [2.05, 4.69) is 19.2 Å². The van der Waals surface area contributed by atoms with Crippen molar-refractivity contribution in [1.82, 2.24) is 5.32 Å². The van der Waals surface area contributed by atoms with Crippen molar-refractivity contribution in [3.05, 3.63) is 0 Å². The topological polar surface area (TPSA) is 69.6 Å². The Morgan fingerprint density at radius 2 is 1.56 bits per heavy atom. The Kier molecular flexibility index (Phi) is 14.5. The summed E-state index contributed by atoms with van der Waals surface area (Å²) < 4.78 is 8.74. The highest BCUT2D eigenvalue weighted by Crippen LogP contribution is 1.98. The molecule has 0 aromatic carbocycles. The van der Waals surface area contributed by atoms with E-state index in [1.165, 1.54) is 0 Å². The van der Waals surface area contributed by atoms with E-state index >= 15 is 0 Å². The largest absolute Gasteiger partial charge is 0.326 e. The minimum Gasteiger partial charge on any atom is -0.326 e. The zero-order valence-corrected chi connectivity index (χ0v) is 6.72. The van der Waals surface area contributed by atoms with Crippen LogP contribution in [0.4, 0.5) is 0 Å². The molecule has 0 unspecified atom stereocenters. The van der Waals surface area contributed by atoms with Gasteiger partial charge in [-0.3, -0.25) is 4.57 Å². The lowest BCUT2D eigenvalue weighted by molar-refractivity contribution is 0.405. The van der Waals surface area contributed by atoms with Crippen LogP contribution in [0, 0.1) is 0 Å². The molecule has 0 aromatic rings. The maximum Gasteiger partial charge on any atom is 0.314 e. The van der Waals surface area contributed by atoms with E-state index in [0.29, 0.717) is 0 Å². The lowest BCUT2D eigenvalue weighted by atomic mass is 10.7. The molecule has 0 heterocycles. The minimum atomic E-state index is -3.13. The van der Waals surface area contributed by atoms with Gasteiger partial charge in [0.15, 0.2) is 0 Å². The molecule has 0 rings (SSSR count). The summed E-state index contributed by atoms with van der Waals surface area (Å²) in [6.07, 6.45) is 0. The van der Waals surface area contributed by atoms with E-state index in [9.17, 15) is 0 Å². The molecule has 5 heteroatoms. The fourth-order valence-corrected chi connectivity index (χ4v) is 0.250. The lowest BCUT2D eigenvalue weighted by Gasteiger charge is -1.86. The Labute approximate surface area is 55.9 Å². The van der Waals surface area contributed by atoms with Crippen molar-refractivity contribution < 1.29 is 14.4 Å². The summed E-state index contributed by atoms with van der Waals surface area (Å²) in [4.78, 5) is 14.3. The van der Waals surface area contributed by atoms with Gasteiger partial charge in [-0.05, 0) is 13.1 Å². The van der Waals surface area contributed by atoms with Gasteiger partial charge in [-0.25, -0.2) is 0 Å². The van der Waals surface area contributed by atoms with Gasteiger partial charge in [0.25, 0.3) is 0 Å². The molecule has 0 saturated heterocycles. The summed E-state index contributed by atoms with van der Waals surface area (Å²) in [5, 5.41) is 3.11. The average molecular weight is 155 g/mol. The minimum absolute atomic E-state index is 1.09. The first-order valence-electron chi connectivity index (χ1n) is 2.77. The maximum absolute atomic E-state index is 8.74. The third-order valence-electron chi connectivity index (χ3n) is 0.500. The SMILES string of the molecule is CCNCC.O=[PH](O)O. The van der Waals surface area contributed by atoms with E-state index in [1.54, 1.807) is 0 Å². The van der Waals surface area contributed by atoms with Crippen LogP contribution in [-0.4, -0.2) is 22.9 Å². The van der Waals surface area contributed by atoms with Crippen LogP contribution in [0.25, 0.3) is 0 Å². The Balaban J connectivity index is 0. The van der Waals surface area contributed by atoms with Crippen molar-refractivity contribution in [3.63, 3.8) is 0 Å². The van der Waals surface area contributed by atoms with E-state index in [0.717, 1.165) is 13.1 Å². The van der Waals surface area contributed by atoms with Gasteiger partial charge < -0.3 is 15.1 Å². The molecule has 0 atom stereocenters. The predicted molar refractivity (Wildman–Crippen MR) is 37.7 cm³/mol. The fourth-order valence-electron chi connectivity index (χ4n) is 0.250. The highest BCUT2D eigenvalue weighted by molar-refractivity contribution is 7.30. The molecule has 0 aliphatic carbocycles. The molecule has 3 N–H and O–H groups in total. The Bertz CT molecular complexity index is 62.8. The molecular weight excluding hydrogens is 141 g/mol. The van der Waals surface area contributed by atoms with Gasteiger partial charge in [0.05, 0.1) is 0 Å². The van der Waals surface area contributed by atoms with E-state index in [1.807, 2.05) is 0 Å². The normalized spacial score (nSPS) is 8.56. The molecule has 0 radical (unpaired) electrons. The second-order valence-corrected chi connectivity index (χ2v) is 1.80. The second-order valence-electron chi connectivity index (χ2n) is 1.24. The summed E-state index contributed by atoms with van der Waals surface area (Å²) in [5.74, 6) is 0. The van der Waals surface area contributed by atoms with Crippen molar-refractivity contribution in [2.24, 2.45) is 0 Å². The van der Waals surface area contributed by atoms with Crippen molar-refractivity contribution in [2.75, 3.05) is 13.1 Å². The zero-order chi connectivity index (χ0) is 7.70. The highest BCUT2D eigenvalue weighted by Gasteiger charge is 1.62. The quantitative estimate of drug-likeness (QED) is 0.490. The summed E-state index contributed by atoms with van der Waals surface area (Å²) in [5.41, 5.74) is 0. The molecule has 0 aliphatic heterocycles. The van der Waals surface area contributed by atoms with Crippen LogP contribution < -0.4 is 5.32 Å². The smallest absolute Gasteiger partial charge is 0.314 e. The van der Waals surface area contributed by atoms with Crippen LogP contribution in [0.2, 0.25) is 0 Å². The monoisotopic (exact) mass is 155 g/mol. The predicted octanol–water partition coefficient (Wildman–Crippen LogP) is -0.0235. The van der Waals surface area contributed by atoms with Crippen molar-refractivity contribution in [2.45, 2.75) is 13.8 Å². The van der Waals surface area contributed by atoms with Gasteiger partial charge in [0, 0.05) is 0 Å². The van der Waals surface area contributed by atoms with Crippen LogP contribution in [-0.2, 0) is 4.57 Å². The first-order chi connectivity index (χ1) is 4.15. The Morgan fingerprint density at radius 3 is 1.56 bits per heavy atom. The highest BCUT2D eigenvalue weighted by atomic mass is 31.1. The number of hydrogen-bond donors (Lipinski definition) is 3. The maximum atomic E-state index is 8.74. The van der Waals surface area contributed by atoms with Crippen molar-refractivity contribution in [3.8, 4) is 0 Å². The van der Waals surface area contributed by atoms with Gasteiger partial charge >= 0.3 is 8.25 Å². The number of nitrogens with one attached hydrogen (secondary N) is 1. The van der Waals surface area contributed by atoms with Crippen LogP contribution in [0.3, 0.4) is 0 Å². The summed E-state index contributed by atoms with van der Waals surface area (Å²) in [6, 6.07) is 0. The zero-order valence-electron chi connectivity index (χ0n) is 5.72. The molecule has 0 saturated carbocycles. The lowest BCUT2D eigenvalue weighted by Crippen LogP contribution is -2.09. The molecule has 0 aliphatic rings. The van der Waals surface area contributed by atoms with Gasteiger partial charge in [-0.1, -0.05) is 13.8 Å². The summed E-state index contributed by atoms with van der Waals surface area (Å²) in [7, 11) is -3.13. The molecule has 0 fully saturated rings. The standard InChI is InChI=1S/C4H11N.H3O3P/c1-3-5-4-2;1-4(2)3/h5H,3-4H2,1-2H3;4H,(H2,1,2,3). The first-order valence-corrected chi connectivity index (χ1v) is 4.08. The van der Waals surface area contributed by atoms with Crippen LogP contribution in [0.1, 0.15) is 13.8 Å². The van der Waals surface area contributed by atoms with Gasteiger partial charge in [-0.2, -0.15) is 0 Å².